The minimum absolute atomic E-state index is 0.0933. The molecule has 2 aromatic heterocycles. The Kier molecular flexibility index (Phi) is 6.18. The molecule has 3 heterocycles. The molecular formula is C27H27N3O5. The summed E-state index contributed by atoms with van der Waals surface area (Å²) in [5.41, 5.74) is 3.02. The predicted octanol–water partition coefficient (Wildman–Crippen LogP) is 5.31. The first-order valence-electron chi connectivity index (χ1n) is 11.7. The zero-order valence-electron chi connectivity index (χ0n) is 19.7. The average molecular weight is 474 g/mol. The Bertz CT molecular complexity index is 1330. The van der Waals surface area contributed by atoms with Crippen LogP contribution in [0.4, 0.5) is 0 Å². The Balaban J connectivity index is 1.65. The van der Waals surface area contributed by atoms with E-state index in [1.807, 2.05) is 44.2 Å². The van der Waals surface area contributed by atoms with Crippen LogP contribution in [0, 0.1) is 0 Å². The van der Waals surface area contributed by atoms with E-state index in [4.69, 9.17) is 13.9 Å². The number of benzene rings is 2. The number of aromatic hydroxyl groups is 1. The predicted molar refractivity (Wildman–Crippen MR) is 130 cm³/mol. The molecule has 2 N–H and O–H groups in total. The summed E-state index contributed by atoms with van der Waals surface area (Å²) in [5.74, 6) is 1.84. The van der Waals surface area contributed by atoms with Crippen molar-refractivity contribution in [3.05, 3.63) is 83.4 Å². The van der Waals surface area contributed by atoms with Gasteiger partial charge in [-0.15, -0.1) is 0 Å². The van der Waals surface area contributed by atoms with Crippen molar-refractivity contribution in [2.45, 2.75) is 32.9 Å². The fraction of sp³-hybridized carbons (Fsp3) is 0.259. The van der Waals surface area contributed by atoms with Gasteiger partial charge in [-0.2, -0.15) is 5.10 Å². The molecule has 2 aromatic carbocycles. The molecule has 0 fully saturated rings. The Hall–Kier alpha value is -4.20. The van der Waals surface area contributed by atoms with Crippen molar-refractivity contribution in [3.63, 3.8) is 0 Å². The Morgan fingerprint density at radius 3 is 2.69 bits per heavy atom. The topological polar surface area (TPSA) is 101 Å². The molecule has 0 saturated heterocycles. The molecule has 35 heavy (non-hydrogen) atoms. The van der Waals surface area contributed by atoms with Gasteiger partial charge in [0.15, 0.2) is 11.5 Å². The van der Waals surface area contributed by atoms with E-state index < -0.39 is 6.04 Å². The number of nitrogens with one attached hydrogen (secondary N) is 1. The van der Waals surface area contributed by atoms with E-state index >= 15 is 0 Å². The zero-order valence-corrected chi connectivity index (χ0v) is 19.7. The molecule has 0 spiro atoms. The summed E-state index contributed by atoms with van der Waals surface area (Å²) in [6.45, 7) is 5.30. The molecule has 1 atom stereocenters. The Morgan fingerprint density at radius 1 is 1.09 bits per heavy atom. The molecule has 0 radical (unpaired) electrons. The number of phenolic OH excluding ortho intramolecular Hbond substituents is 1. The lowest BCUT2D eigenvalue weighted by molar-refractivity contribution is 0.0716. The van der Waals surface area contributed by atoms with Gasteiger partial charge in [-0.05, 0) is 55.3 Å². The fourth-order valence-electron chi connectivity index (χ4n) is 4.45. The summed E-state index contributed by atoms with van der Waals surface area (Å²) >= 11 is 0. The lowest BCUT2D eigenvalue weighted by atomic mass is 9.95. The van der Waals surface area contributed by atoms with Crippen molar-refractivity contribution in [1.29, 1.82) is 0 Å². The summed E-state index contributed by atoms with van der Waals surface area (Å²) in [7, 11) is 0. The van der Waals surface area contributed by atoms with Crippen molar-refractivity contribution >= 4 is 5.91 Å². The zero-order chi connectivity index (χ0) is 24.4. The molecule has 8 nitrogen and oxygen atoms in total. The lowest BCUT2D eigenvalue weighted by Gasteiger charge is -2.26. The van der Waals surface area contributed by atoms with Crippen LogP contribution in [0.15, 0.2) is 65.3 Å². The smallest absolute Gasteiger partial charge is 0.273 e. The van der Waals surface area contributed by atoms with Gasteiger partial charge in [-0.1, -0.05) is 25.1 Å². The largest absolute Gasteiger partial charge is 0.507 e. The number of furan rings is 1. The number of carbonyl (C=O) groups is 1. The molecule has 0 bridgehead atoms. The van der Waals surface area contributed by atoms with Crippen LogP contribution in [0.1, 0.15) is 53.7 Å². The fourth-order valence-corrected chi connectivity index (χ4v) is 4.45. The maximum absolute atomic E-state index is 13.5. The van der Waals surface area contributed by atoms with Crippen molar-refractivity contribution in [3.8, 4) is 28.5 Å². The normalized spacial score (nSPS) is 14.9. The first kappa shape index (κ1) is 22.6. The molecule has 8 heteroatoms. The van der Waals surface area contributed by atoms with Crippen LogP contribution in [0.25, 0.3) is 11.3 Å². The third-order valence-corrected chi connectivity index (χ3v) is 5.97. The minimum Gasteiger partial charge on any atom is -0.507 e. The van der Waals surface area contributed by atoms with Crippen LogP contribution < -0.4 is 9.47 Å². The van der Waals surface area contributed by atoms with Gasteiger partial charge in [0.25, 0.3) is 5.91 Å². The van der Waals surface area contributed by atoms with Gasteiger partial charge in [0.05, 0.1) is 32.1 Å². The first-order valence-corrected chi connectivity index (χ1v) is 11.7. The highest BCUT2D eigenvalue weighted by molar-refractivity contribution is 6.00. The third kappa shape index (κ3) is 4.12. The van der Waals surface area contributed by atoms with Crippen molar-refractivity contribution < 1.29 is 23.8 Å². The first-order chi connectivity index (χ1) is 17.1. The standard InChI is InChI=1S/C27H27N3O5/c1-3-13-35-21-12-11-17(15-22(21)33-4-2)26-23-24(19-9-5-6-10-20(19)31)28-29-25(23)27(32)30(26)16-18-8-7-14-34-18/h5-12,14-15,26,31H,3-4,13,16H2,1-2H3,(H,28,29)/t26-/m0/s1. The van der Waals surface area contributed by atoms with Gasteiger partial charge in [0.1, 0.15) is 22.9 Å². The number of para-hydroxylation sites is 1. The maximum atomic E-state index is 13.5. The minimum atomic E-state index is -0.476. The Morgan fingerprint density at radius 2 is 1.94 bits per heavy atom. The number of H-pyrrole nitrogens is 1. The highest BCUT2D eigenvalue weighted by Gasteiger charge is 2.43. The molecule has 4 aromatic rings. The second-order valence-electron chi connectivity index (χ2n) is 8.28. The summed E-state index contributed by atoms with van der Waals surface area (Å²) in [6.07, 6.45) is 2.47. The summed E-state index contributed by atoms with van der Waals surface area (Å²) in [5, 5.41) is 17.9. The number of nitrogens with zero attached hydrogens (tertiary/aromatic N) is 2. The molecule has 0 aliphatic carbocycles. The van der Waals surface area contributed by atoms with E-state index in [1.165, 1.54) is 0 Å². The maximum Gasteiger partial charge on any atom is 0.273 e. The number of aromatic amines is 1. The quantitative estimate of drug-likeness (QED) is 0.342. The lowest BCUT2D eigenvalue weighted by Crippen LogP contribution is -2.29. The molecule has 0 unspecified atom stereocenters. The molecule has 5 rings (SSSR count). The second-order valence-corrected chi connectivity index (χ2v) is 8.28. The van der Waals surface area contributed by atoms with Crippen LogP contribution in [-0.2, 0) is 6.54 Å². The van der Waals surface area contributed by atoms with Crippen LogP contribution in [-0.4, -0.2) is 39.3 Å². The van der Waals surface area contributed by atoms with Gasteiger partial charge in [-0.25, -0.2) is 0 Å². The van der Waals surface area contributed by atoms with E-state index in [1.54, 1.807) is 35.4 Å². The van der Waals surface area contributed by atoms with Gasteiger partial charge in [0, 0.05) is 11.1 Å². The monoisotopic (exact) mass is 473 g/mol. The van der Waals surface area contributed by atoms with E-state index in [-0.39, 0.29) is 18.2 Å². The molecule has 1 aliphatic rings. The van der Waals surface area contributed by atoms with Gasteiger partial charge in [0.2, 0.25) is 0 Å². The number of hydrogen-bond donors (Lipinski definition) is 2. The number of amides is 1. The summed E-state index contributed by atoms with van der Waals surface area (Å²) in [4.78, 5) is 15.3. The molecule has 1 amide bonds. The number of rotatable bonds is 9. The molecule has 180 valence electrons. The number of fused-ring (bicyclic) bond motifs is 1. The van der Waals surface area contributed by atoms with Gasteiger partial charge < -0.3 is 23.9 Å². The summed E-state index contributed by atoms with van der Waals surface area (Å²) in [6, 6.07) is 15.9. The SMILES string of the molecule is CCCOc1ccc([C@H]2c3c(-c4ccccc4O)n[nH]c3C(=O)N2Cc2ccco2)cc1OCC. The molecule has 1 aliphatic heterocycles. The van der Waals surface area contributed by atoms with Gasteiger partial charge >= 0.3 is 0 Å². The number of carbonyl (C=O) groups excluding carboxylic acids is 1. The number of hydrogen-bond acceptors (Lipinski definition) is 6. The second kappa shape index (κ2) is 9.58. The van der Waals surface area contributed by atoms with Crippen molar-refractivity contribution in [1.82, 2.24) is 15.1 Å². The van der Waals surface area contributed by atoms with Crippen LogP contribution in [0.2, 0.25) is 0 Å². The highest BCUT2D eigenvalue weighted by atomic mass is 16.5. The van der Waals surface area contributed by atoms with Crippen molar-refractivity contribution in [2.24, 2.45) is 0 Å². The van der Waals surface area contributed by atoms with Crippen LogP contribution >= 0.6 is 0 Å². The highest BCUT2D eigenvalue weighted by Crippen LogP contribution is 2.46. The van der Waals surface area contributed by atoms with E-state index in [9.17, 15) is 9.90 Å². The number of phenols is 1. The van der Waals surface area contributed by atoms with Gasteiger partial charge in [-0.3, -0.25) is 9.89 Å². The molecular weight excluding hydrogens is 446 g/mol. The number of ether oxygens (including phenoxy) is 2. The third-order valence-electron chi connectivity index (χ3n) is 5.97. The van der Waals surface area contributed by atoms with E-state index in [0.717, 1.165) is 12.0 Å². The van der Waals surface area contributed by atoms with Crippen molar-refractivity contribution in [2.75, 3.05) is 13.2 Å². The average Bonchev–Trinajstić information content (AvgIpc) is 3.59. The molecule has 0 saturated carbocycles. The van der Waals surface area contributed by atoms with E-state index in [0.29, 0.717) is 53.0 Å². The Labute approximate surface area is 203 Å². The van der Waals surface area contributed by atoms with E-state index in [2.05, 4.69) is 10.2 Å². The summed E-state index contributed by atoms with van der Waals surface area (Å²) < 4.78 is 17.3. The van der Waals surface area contributed by atoms with Crippen LogP contribution in [0.5, 0.6) is 17.2 Å². The number of aromatic nitrogens is 2. The van der Waals surface area contributed by atoms with Crippen LogP contribution in [0.3, 0.4) is 0 Å².